The summed E-state index contributed by atoms with van der Waals surface area (Å²) in [5.74, 6) is 1.10. The maximum atomic E-state index is 11.5. The summed E-state index contributed by atoms with van der Waals surface area (Å²) in [6.07, 6.45) is 3.77. The van der Waals surface area contributed by atoms with Gasteiger partial charge in [-0.2, -0.15) is 5.26 Å². The molecule has 1 aliphatic carbocycles. The number of nitriles is 1. The van der Waals surface area contributed by atoms with Crippen LogP contribution >= 0.6 is 0 Å². The molecule has 1 aromatic rings. The number of hydrogen-bond donors (Lipinski definition) is 1. The molecule has 0 aliphatic heterocycles. The molecule has 1 N–H and O–H groups in total. The Kier molecular flexibility index (Phi) is 2.65. The fraction of sp³-hybridized carbons (Fsp3) is 0.545. The van der Waals surface area contributed by atoms with Crippen LogP contribution in [0.25, 0.3) is 0 Å². The van der Waals surface area contributed by atoms with Crippen LogP contribution in [0.4, 0.5) is 0 Å². The molecule has 0 spiro atoms. The molecule has 1 aliphatic rings. The Hall–Kier alpha value is -1.83. The standard InChI is InChI=1S/C11H13N3O2/c1-7(8-2-3-8)5-14-6-9(4-12)10(15)13-11(14)16/h6-8H,2-3,5H2,1H3,(H,13,15,16). The topological polar surface area (TPSA) is 78.7 Å². The number of aromatic amines is 1. The minimum absolute atomic E-state index is 0.0115. The maximum Gasteiger partial charge on any atom is 0.328 e. The third-order valence-corrected chi connectivity index (χ3v) is 3.04. The van der Waals surface area contributed by atoms with Gasteiger partial charge in [0.15, 0.2) is 0 Å². The average molecular weight is 219 g/mol. The lowest BCUT2D eigenvalue weighted by molar-refractivity contribution is 0.418. The Bertz CT molecular complexity index is 546. The van der Waals surface area contributed by atoms with Crippen molar-refractivity contribution in [2.45, 2.75) is 26.3 Å². The van der Waals surface area contributed by atoms with E-state index in [-0.39, 0.29) is 5.56 Å². The van der Waals surface area contributed by atoms with Gasteiger partial charge in [-0.15, -0.1) is 0 Å². The number of aromatic nitrogens is 2. The molecule has 0 amide bonds. The van der Waals surface area contributed by atoms with Crippen LogP contribution in [-0.2, 0) is 6.54 Å². The molecule has 5 heteroatoms. The van der Waals surface area contributed by atoms with Crippen LogP contribution in [-0.4, -0.2) is 9.55 Å². The molecule has 1 atom stereocenters. The summed E-state index contributed by atoms with van der Waals surface area (Å²) in [5, 5.41) is 8.70. The van der Waals surface area contributed by atoms with E-state index in [1.807, 2.05) is 0 Å². The first kappa shape index (κ1) is 10.7. The lowest BCUT2D eigenvalue weighted by Gasteiger charge is -2.11. The Morgan fingerprint density at radius 3 is 2.88 bits per heavy atom. The lowest BCUT2D eigenvalue weighted by Crippen LogP contribution is -2.32. The molecule has 84 valence electrons. The molecule has 2 rings (SSSR count). The van der Waals surface area contributed by atoms with Crippen LogP contribution in [0.3, 0.4) is 0 Å². The van der Waals surface area contributed by atoms with Gasteiger partial charge in [0.25, 0.3) is 5.56 Å². The minimum atomic E-state index is -0.608. The predicted molar refractivity (Wildman–Crippen MR) is 57.9 cm³/mol. The Balaban J connectivity index is 2.30. The zero-order valence-corrected chi connectivity index (χ0v) is 9.06. The third kappa shape index (κ3) is 2.06. The van der Waals surface area contributed by atoms with E-state index in [1.54, 1.807) is 6.07 Å². The van der Waals surface area contributed by atoms with Gasteiger partial charge in [0.05, 0.1) is 0 Å². The highest BCUT2D eigenvalue weighted by molar-refractivity contribution is 5.21. The summed E-state index contributed by atoms with van der Waals surface area (Å²) in [4.78, 5) is 24.8. The van der Waals surface area contributed by atoms with E-state index < -0.39 is 11.2 Å². The van der Waals surface area contributed by atoms with Crippen molar-refractivity contribution in [2.24, 2.45) is 11.8 Å². The van der Waals surface area contributed by atoms with Gasteiger partial charge in [0, 0.05) is 12.7 Å². The second kappa shape index (κ2) is 3.97. The lowest BCUT2D eigenvalue weighted by atomic mass is 10.1. The molecular formula is C11H13N3O2. The van der Waals surface area contributed by atoms with Crippen molar-refractivity contribution in [1.29, 1.82) is 5.26 Å². The van der Waals surface area contributed by atoms with Crippen LogP contribution in [0.5, 0.6) is 0 Å². The van der Waals surface area contributed by atoms with Crippen LogP contribution in [0.2, 0.25) is 0 Å². The summed E-state index contributed by atoms with van der Waals surface area (Å²) >= 11 is 0. The molecule has 1 heterocycles. The molecule has 1 saturated carbocycles. The zero-order chi connectivity index (χ0) is 11.7. The van der Waals surface area contributed by atoms with E-state index in [9.17, 15) is 9.59 Å². The van der Waals surface area contributed by atoms with Crippen molar-refractivity contribution < 1.29 is 0 Å². The Morgan fingerprint density at radius 2 is 2.31 bits per heavy atom. The molecule has 0 bridgehead atoms. The first-order valence-electron chi connectivity index (χ1n) is 5.35. The zero-order valence-electron chi connectivity index (χ0n) is 9.06. The van der Waals surface area contributed by atoms with Gasteiger partial charge in [-0.25, -0.2) is 4.79 Å². The number of hydrogen-bond acceptors (Lipinski definition) is 3. The molecule has 16 heavy (non-hydrogen) atoms. The SMILES string of the molecule is CC(Cn1cc(C#N)c(=O)[nH]c1=O)C1CC1. The highest BCUT2D eigenvalue weighted by Crippen LogP contribution is 2.36. The quantitative estimate of drug-likeness (QED) is 0.801. The molecule has 0 radical (unpaired) electrons. The molecule has 1 unspecified atom stereocenters. The van der Waals surface area contributed by atoms with E-state index in [4.69, 9.17) is 5.26 Å². The van der Waals surface area contributed by atoms with Gasteiger partial charge in [-0.05, 0) is 24.7 Å². The van der Waals surface area contributed by atoms with Crippen molar-refractivity contribution >= 4 is 0 Å². The van der Waals surface area contributed by atoms with Crippen LogP contribution in [0.1, 0.15) is 25.3 Å². The highest BCUT2D eigenvalue weighted by atomic mass is 16.2. The summed E-state index contributed by atoms with van der Waals surface area (Å²) in [6, 6.07) is 1.78. The monoisotopic (exact) mass is 219 g/mol. The van der Waals surface area contributed by atoms with Gasteiger partial charge < -0.3 is 0 Å². The van der Waals surface area contributed by atoms with E-state index in [0.29, 0.717) is 18.4 Å². The van der Waals surface area contributed by atoms with E-state index in [1.165, 1.54) is 23.6 Å². The highest BCUT2D eigenvalue weighted by Gasteiger charge is 2.28. The van der Waals surface area contributed by atoms with Gasteiger partial charge in [0.2, 0.25) is 0 Å². The van der Waals surface area contributed by atoms with Gasteiger partial charge in [-0.3, -0.25) is 14.3 Å². The second-order valence-corrected chi connectivity index (χ2v) is 4.38. The number of nitrogens with one attached hydrogen (secondary N) is 1. The average Bonchev–Trinajstić information content (AvgIpc) is 3.05. The summed E-state index contributed by atoms with van der Waals surface area (Å²) in [6.45, 7) is 2.65. The Labute approximate surface area is 92.3 Å². The van der Waals surface area contributed by atoms with Crippen molar-refractivity contribution in [3.63, 3.8) is 0 Å². The number of nitrogens with zero attached hydrogens (tertiary/aromatic N) is 2. The van der Waals surface area contributed by atoms with E-state index >= 15 is 0 Å². The van der Waals surface area contributed by atoms with Crippen molar-refractivity contribution in [2.75, 3.05) is 0 Å². The predicted octanol–water partition coefficient (Wildman–Crippen LogP) is 0.454. The minimum Gasteiger partial charge on any atom is -0.299 e. The van der Waals surface area contributed by atoms with Gasteiger partial charge in [0.1, 0.15) is 11.6 Å². The van der Waals surface area contributed by atoms with Crippen molar-refractivity contribution in [1.82, 2.24) is 9.55 Å². The third-order valence-electron chi connectivity index (χ3n) is 3.04. The van der Waals surface area contributed by atoms with E-state index in [0.717, 1.165) is 0 Å². The van der Waals surface area contributed by atoms with E-state index in [2.05, 4.69) is 11.9 Å². The Morgan fingerprint density at radius 1 is 1.62 bits per heavy atom. The van der Waals surface area contributed by atoms with Crippen LogP contribution in [0, 0.1) is 23.2 Å². The normalized spacial score (nSPS) is 16.8. The fourth-order valence-electron chi connectivity index (χ4n) is 1.85. The molecule has 0 aromatic carbocycles. The number of rotatable bonds is 3. The molecule has 1 fully saturated rings. The molecular weight excluding hydrogens is 206 g/mol. The molecule has 1 aromatic heterocycles. The van der Waals surface area contributed by atoms with Crippen molar-refractivity contribution in [3.8, 4) is 6.07 Å². The summed E-state index contributed by atoms with van der Waals surface area (Å²) < 4.78 is 1.42. The first-order valence-corrected chi connectivity index (χ1v) is 5.35. The largest absolute Gasteiger partial charge is 0.328 e. The van der Waals surface area contributed by atoms with Gasteiger partial charge >= 0.3 is 5.69 Å². The summed E-state index contributed by atoms with van der Waals surface area (Å²) in [5.41, 5.74) is -1.05. The smallest absolute Gasteiger partial charge is 0.299 e. The van der Waals surface area contributed by atoms with Crippen LogP contribution in [0.15, 0.2) is 15.8 Å². The second-order valence-electron chi connectivity index (χ2n) is 4.38. The summed E-state index contributed by atoms with van der Waals surface area (Å²) in [7, 11) is 0. The van der Waals surface area contributed by atoms with Crippen molar-refractivity contribution in [3.05, 3.63) is 32.6 Å². The molecule has 5 nitrogen and oxygen atoms in total. The van der Waals surface area contributed by atoms with Crippen LogP contribution < -0.4 is 11.2 Å². The number of H-pyrrole nitrogens is 1. The maximum absolute atomic E-state index is 11.5. The van der Waals surface area contributed by atoms with Gasteiger partial charge in [-0.1, -0.05) is 6.92 Å². The molecule has 0 saturated heterocycles. The first-order chi connectivity index (χ1) is 7.61. The fourth-order valence-corrected chi connectivity index (χ4v) is 1.85.